The molecule has 5 saturated carbocycles. The summed E-state index contributed by atoms with van der Waals surface area (Å²) in [4.78, 5) is 14.4. The van der Waals surface area contributed by atoms with E-state index in [9.17, 15) is 9.90 Å². The van der Waals surface area contributed by atoms with Crippen LogP contribution < -0.4 is 11.1 Å². The lowest BCUT2D eigenvalue weighted by Crippen LogP contribution is -2.60. The zero-order valence-corrected chi connectivity index (χ0v) is 32.7. The molecule has 2 aliphatic heterocycles. The predicted molar refractivity (Wildman–Crippen MR) is 194 cm³/mol. The minimum atomic E-state index is -0.744. The van der Waals surface area contributed by atoms with Crippen LogP contribution in [0.1, 0.15) is 119 Å². The summed E-state index contributed by atoms with van der Waals surface area (Å²) in [6.45, 7) is 21.4. The number of hydrogen-bond acceptors (Lipinski definition) is 8. The molecule has 0 aromatic heterocycles. The predicted octanol–water partition coefficient (Wildman–Crippen LogP) is 6.35. The molecule has 2 saturated heterocycles. The highest BCUT2D eigenvalue weighted by molar-refractivity contribution is 5.64. The Morgan fingerprint density at radius 2 is 1.70 bits per heavy atom. The van der Waals surface area contributed by atoms with E-state index in [0.29, 0.717) is 40.5 Å². The molecule has 0 bridgehead atoms. The number of aliphatic hydroxyl groups excluding tert-OH is 1. The van der Waals surface area contributed by atoms with Crippen LogP contribution in [0.3, 0.4) is 0 Å². The van der Waals surface area contributed by atoms with E-state index in [0.717, 1.165) is 52.0 Å². The molecule has 2 heterocycles. The third-order valence-corrected chi connectivity index (χ3v) is 17.3. The summed E-state index contributed by atoms with van der Waals surface area (Å²) in [5.41, 5.74) is 6.21. The monoisotopic (exact) mass is 702 g/mol. The molecule has 5 aliphatic carbocycles. The number of carbonyl (C=O) groups is 1. The van der Waals surface area contributed by atoms with E-state index in [1.54, 1.807) is 7.11 Å². The number of primary amides is 1. The molecule has 1 amide bonds. The molecular formula is C41H71N3O6. The minimum Gasteiger partial charge on any atom is -0.443 e. The maximum Gasteiger partial charge on any atom is 0.404 e. The number of piperidine rings is 1. The Morgan fingerprint density at radius 1 is 1.00 bits per heavy atom. The number of carbonyl (C=O) groups excluding carboxylic acids is 1. The molecule has 4 unspecified atom stereocenters. The van der Waals surface area contributed by atoms with Gasteiger partial charge in [0.15, 0.2) is 6.29 Å². The summed E-state index contributed by atoms with van der Waals surface area (Å²) >= 11 is 0. The first-order valence-electron chi connectivity index (χ1n) is 20.5. The van der Waals surface area contributed by atoms with Gasteiger partial charge in [-0.1, -0.05) is 48.5 Å². The molecule has 0 aromatic rings. The van der Waals surface area contributed by atoms with Gasteiger partial charge in [0.1, 0.15) is 6.10 Å². The summed E-state index contributed by atoms with van der Waals surface area (Å²) in [7, 11) is 1.72. The lowest BCUT2D eigenvalue weighted by Gasteiger charge is -2.64. The molecule has 2 spiro atoms. The van der Waals surface area contributed by atoms with Gasteiger partial charge in [-0.2, -0.15) is 0 Å². The first-order valence-corrected chi connectivity index (χ1v) is 20.5. The number of nitrogens with one attached hydrogen (secondary N) is 1. The van der Waals surface area contributed by atoms with Crippen LogP contribution >= 0.6 is 0 Å². The zero-order valence-electron chi connectivity index (χ0n) is 32.7. The summed E-state index contributed by atoms with van der Waals surface area (Å²) < 4.78 is 24.9. The number of amides is 1. The van der Waals surface area contributed by atoms with Crippen LogP contribution in [0.4, 0.5) is 4.79 Å². The number of ether oxygens (including phenoxy) is 4. The maximum absolute atomic E-state index is 12.2. The number of fused-ring (bicyclic) bond motifs is 2. The van der Waals surface area contributed by atoms with Gasteiger partial charge >= 0.3 is 6.09 Å². The lowest BCUT2D eigenvalue weighted by atomic mass is 9.41. The molecule has 7 aliphatic rings. The Balaban J connectivity index is 1.05. The molecule has 0 aromatic carbocycles. The smallest absolute Gasteiger partial charge is 0.404 e. The van der Waals surface area contributed by atoms with Crippen molar-refractivity contribution in [2.24, 2.45) is 62.4 Å². The van der Waals surface area contributed by atoms with E-state index in [-0.39, 0.29) is 52.9 Å². The molecule has 286 valence electrons. The van der Waals surface area contributed by atoms with Crippen LogP contribution in [0.15, 0.2) is 0 Å². The van der Waals surface area contributed by atoms with Crippen molar-refractivity contribution >= 4 is 6.09 Å². The van der Waals surface area contributed by atoms with Crippen molar-refractivity contribution in [3.05, 3.63) is 0 Å². The van der Waals surface area contributed by atoms with Crippen molar-refractivity contribution in [2.75, 3.05) is 39.9 Å². The van der Waals surface area contributed by atoms with Crippen LogP contribution in [0.2, 0.25) is 0 Å². The first kappa shape index (κ1) is 37.3. The van der Waals surface area contributed by atoms with Crippen molar-refractivity contribution in [2.45, 2.75) is 156 Å². The van der Waals surface area contributed by atoms with Gasteiger partial charge in [-0.25, -0.2) is 4.79 Å². The molecule has 13 atom stereocenters. The number of nitrogens with zero attached hydrogens (tertiary/aromatic N) is 1. The van der Waals surface area contributed by atoms with E-state index in [4.69, 9.17) is 24.7 Å². The quantitative estimate of drug-likeness (QED) is 0.241. The van der Waals surface area contributed by atoms with Gasteiger partial charge in [0.25, 0.3) is 0 Å². The maximum atomic E-state index is 12.2. The Hall–Kier alpha value is -0.970. The average molecular weight is 702 g/mol. The Kier molecular flexibility index (Phi) is 10.0. The first-order chi connectivity index (χ1) is 23.6. The number of nitrogens with two attached hydrogens (primary N) is 1. The average Bonchev–Trinajstić information content (AvgIpc) is 3.70. The van der Waals surface area contributed by atoms with Crippen molar-refractivity contribution in [3.8, 4) is 0 Å². The van der Waals surface area contributed by atoms with Gasteiger partial charge in [0, 0.05) is 31.7 Å². The minimum absolute atomic E-state index is 0.0446. The number of aliphatic hydroxyl groups is 1. The number of hydrogen-bond donors (Lipinski definition) is 3. The topological polar surface area (TPSA) is 116 Å². The van der Waals surface area contributed by atoms with Crippen molar-refractivity contribution < 1.29 is 28.8 Å². The Morgan fingerprint density at radius 3 is 2.38 bits per heavy atom. The molecule has 7 rings (SSSR count). The van der Waals surface area contributed by atoms with Crippen molar-refractivity contribution in [1.82, 2.24) is 10.2 Å². The van der Waals surface area contributed by atoms with Crippen LogP contribution in [0.25, 0.3) is 0 Å². The molecule has 7 fully saturated rings. The van der Waals surface area contributed by atoms with Gasteiger partial charge in [-0.15, -0.1) is 0 Å². The SMILES string of the molecule is COC(C[C@@H](C)[C@H]1C[C@H](O)[C@@]2(C)C3CC[C@H]4C(C)(C)[C@@H](OC5CN(C6CCNCC6)CCO5)CC[C@@]45CC35CC[C@]12C)[C@H](OC(N)=O)C(C)C. The van der Waals surface area contributed by atoms with E-state index < -0.39 is 6.09 Å². The van der Waals surface area contributed by atoms with E-state index >= 15 is 0 Å². The molecule has 4 N–H and O–H groups in total. The molecule has 0 radical (unpaired) electrons. The van der Waals surface area contributed by atoms with Gasteiger partial charge in [-0.3, -0.25) is 4.90 Å². The standard InChI is InChI=1S/C41H71N3O6/c1-25(2)35(50-36(42)46)29(47-8)21-26(3)28-22-32(45)39(7)31-10-9-30-37(4,5)33(11-14-40(30)24-41(31,40)16-15-38(28,39)6)49-34-23-44(19-20-48-34)27-12-17-43-18-13-27/h25-35,43,45H,9-24H2,1-8H3,(H2,42,46)/t26-,28-,29?,30+,31?,32+,33+,34?,35-,38-,39-,40-,41?/m1/s1. The highest BCUT2D eigenvalue weighted by Gasteiger charge is 2.83. The van der Waals surface area contributed by atoms with Crippen LogP contribution in [0, 0.1) is 56.7 Å². The fourth-order valence-electron chi connectivity index (χ4n) is 14.6. The third-order valence-electron chi connectivity index (χ3n) is 17.3. The summed E-state index contributed by atoms with van der Waals surface area (Å²) in [6, 6.07) is 0.650. The second-order valence-electron chi connectivity index (χ2n) is 19.6. The van der Waals surface area contributed by atoms with Gasteiger partial charge in [0.05, 0.1) is 24.9 Å². The zero-order chi connectivity index (χ0) is 35.9. The second-order valence-corrected chi connectivity index (χ2v) is 19.6. The van der Waals surface area contributed by atoms with E-state index in [1.807, 2.05) is 0 Å². The highest BCUT2D eigenvalue weighted by Crippen LogP contribution is 2.89. The van der Waals surface area contributed by atoms with E-state index in [1.165, 1.54) is 51.4 Å². The normalized spacial score (nSPS) is 46.2. The molecule has 9 heteroatoms. The van der Waals surface area contributed by atoms with Gasteiger partial charge in [-0.05, 0) is 135 Å². The number of rotatable bonds is 10. The number of morpholine rings is 1. The molecular weight excluding hydrogens is 630 g/mol. The summed E-state index contributed by atoms with van der Waals surface area (Å²) in [5.74, 6) is 1.99. The highest BCUT2D eigenvalue weighted by atomic mass is 16.7. The Bertz CT molecular complexity index is 1240. The second kappa shape index (κ2) is 13.4. The largest absolute Gasteiger partial charge is 0.443 e. The van der Waals surface area contributed by atoms with Crippen LogP contribution in [0.5, 0.6) is 0 Å². The molecule has 9 nitrogen and oxygen atoms in total. The summed E-state index contributed by atoms with van der Waals surface area (Å²) in [5, 5.41) is 15.7. The van der Waals surface area contributed by atoms with Gasteiger partial charge < -0.3 is 35.1 Å². The number of methoxy groups -OCH3 is 1. The van der Waals surface area contributed by atoms with Crippen LogP contribution in [-0.2, 0) is 18.9 Å². The lowest BCUT2D eigenvalue weighted by molar-refractivity contribution is -0.251. The summed E-state index contributed by atoms with van der Waals surface area (Å²) in [6.07, 6.45) is 11.1. The Labute approximate surface area is 302 Å². The fourth-order valence-corrected chi connectivity index (χ4v) is 14.6. The van der Waals surface area contributed by atoms with Crippen molar-refractivity contribution in [1.29, 1.82) is 0 Å². The fraction of sp³-hybridized carbons (Fsp3) is 0.976. The van der Waals surface area contributed by atoms with Gasteiger partial charge in [0.2, 0.25) is 0 Å². The molecule has 50 heavy (non-hydrogen) atoms. The van der Waals surface area contributed by atoms with Crippen molar-refractivity contribution in [3.63, 3.8) is 0 Å². The third kappa shape index (κ3) is 5.63. The van der Waals surface area contributed by atoms with Crippen LogP contribution in [-0.4, -0.2) is 92.7 Å². The van der Waals surface area contributed by atoms with E-state index in [2.05, 4.69) is 58.7 Å².